The first-order chi connectivity index (χ1) is 7.45. The van der Waals surface area contributed by atoms with Gasteiger partial charge in [0.05, 0.1) is 5.92 Å². The number of halogens is 3. The van der Waals surface area contributed by atoms with E-state index in [1.54, 1.807) is 6.08 Å². The molecule has 0 heterocycles. The first-order valence-electron chi connectivity index (χ1n) is 5.40. The molecule has 0 radical (unpaired) electrons. The van der Waals surface area contributed by atoms with Crippen LogP contribution < -0.4 is 5.32 Å². The fourth-order valence-corrected chi connectivity index (χ4v) is 2.00. The van der Waals surface area contributed by atoms with E-state index in [-0.39, 0.29) is 24.7 Å². The topological polar surface area (TPSA) is 29.1 Å². The third kappa shape index (κ3) is 3.54. The van der Waals surface area contributed by atoms with Crippen LogP contribution in [0.15, 0.2) is 12.7 Å². The SMILES string of the molecule is C=CCNC(=O)C1CCC(C(F)(F)F)CC1. The van der Waals surface area contributed by atoms with Crippen LogP contribution in [0.25, 0.3) is 0 Å². The second kappa shape index (κ2) is 5.37. The average Bonchev–Trinajstić information content (AvgIpc) is 2.25. The van der Waals surface area contributed by atoms with Gasteiger partial charge in [-0.3, -0.25) is 4.79 Å². The zero-order valence-electron chi connectivity index (χ0n) is 9.02. The molecule has 92 valence electrons. The molecule has 0 aromatic carbocycles. The number of hydrogen-bond acceptors (Lipinski definition) is 1. The standard InChI is InChI=1S/C11H16F3NO/c1-2-7-15-10(16)8-3-5-9(6-4-8)11(12,13)14/h2,8-9H,1,3-7H2,(H,15,16). The summed E-state index contributed by atoms with van der Waals surface area (Å²) in [5, 5.41) is 2.62. The summed E-state index contributed by atoms with van der Waals surface area (Å²) in [7, 11) is 0. The van der Waals surface area contributed by atoms with Crippen LogP contribution in [-0.4, -0.2) is 18.6 Å². The van der Waals surface area contributed by atoms with Gasteiger partial charge >= 0.3 is 6.18 Å². The molecule has 5 heteroatoms. The lowest BCUT2D eigenvalue weighted by Gasteiger charge is -2.28. The summed E-state index contributed by atoms with van der Waals surface area (Å²) in [4.78, 5) is 11.5. The fourth-order valence-electron chi connectivity index (χ4n) is 2.00. The second-order valence-electron chi connectivity index (χ2n) is 4.12. The van der Waals surface area contributed by atoms with Crippen molar-refractivity contribution in [2.75, 3.05) is 6.54 Å². The highest BCUT2D eigenvalue weighted by Gasteiger charge is 2.42. The molecule has 0 aromatic heterocycles. The smallest absolute Gasteiger partial charge is 0.352 e. The van der Waals surface area contributed by atoms with Crippen molar-refractivity contribution in [3.63, 3.8) is 0 Å². The Kier molecular flexibility index (Phi) is 4.38. The van der Waals surface area contributed by atoms with Crippen molar-refractivity contribution < 1.29 is 18.0 Å². The summed E-state index contributed by atoms with van der Waals surface area (Å²) < 4.78 is 37.1. The van der Waals surface area contributed by atoms with E-state index in [1.807, 2.05) is 0 Å². The van der Waals surface area contributed by atoms with Gasteiger partial charge < -0.3 is 5.32 Å². The number of hydrogen-bond donors (Lipinski definition) is 1. The van der Waals surface area contributed by atoms with E-state index >= 15 is 0 Å². The first kappa shape index (κ1) is 13.1. The summed E-state index contributed by atoms with van der Waals surface area (Å²) >= 11 is 0. The van der Waals surface area contributed by atoms with Crippen LogP contribution >= 0.6 is 0 Å². The minimum Gasteiger partial charge on any atom is -0.352 e. The zero-order chi connectivity index (χ0) is 12.2. The Morgan fingerprint density at radius 3 is 2.31 bits per heavy atom. The van der Waals surface area contributed by atoms with Crippen molar-refractivity contribution >= 4 is 5.91 Å². The maximum atomic E-state index is 12.4. The Morgan fingerprint density at radius 2 is 1.88 bits per heavy atom. The van der Waals surface area contributed by atoms with E-state index in [2.05, 4.69) is 11.9 Å². The van der Waals surface area contributed by atoms with Gasteiger partial charge in [-0.2, -0.15) is 13.2 Å². The molecule has 1 rings (SSSR count). The molecule has 1 fully saturated rings. The van der Waals surface area contributed by atoms with Gasteiger partial charge in [0, 0.05) is 12.5 Å². The summed E-state index contributed by atoms with van der Waals surface area (Å²) in [6.45, 7) is 3.83. The normalized spacial score (nSPS) is 26.2. The van der Waals surface area contributed by atoms with Crippen molar-refractivity contribution in [3.05, 3.63) is 12.7 Å². The van der Waals surface area contributed by atoms with Gasteiger partial charge in [-0.1, -0.05) is 6.08 Å². The molecule has 1 aliphatic rings. The largest absolute Gasteiger partial charge is 0.391 e. The monoisotopic (exact) mass is 235 g/mol. The molecule has 0 aliphatic heterocycles. The van der Waals surface area contributed by atoms with Gasteiger partial charge in [0.1, 0.15) is 0 Å². The summed E-state index contributed by atoms with van der Waals surface area (Å²) in [6.07, 6.45) is -1.77. The minimum atomic E-state index is -4.11. The lowest BCUT2D eigenvalue weighted by molar-refractivity contribution is -0.184. The second-order valence-corrected chi connectivity index (χ2v) is 4.12. The van der Waals surface area contributed by atoms with Gasteiger partial charge in [-0.25, -0.2) is 0 Å². The van der Waals surface area contributed by atoms with Gasteiger partial charge in [0.25, 0.3) is 0 Å². The summed E-state index contributed by atoms with van der Waals surface area (Å²) in [5.74, 6) is -1.64. The molecule has 0 saturated heterocycles. The Hall–Kier alpha value is -1.00. The molecule has 16 heavy (non-hydrogen) atoms. The lowest BCUT2D eigenvalue weighted by Crippen LogP contribution is -2.36. The third-order valence-corrected chi connectivity index (χ3v) is 2.98. The van der Waals surface area contributed by atoms with E-state index < -0.39 is 12.1 Å². The molecular weight excluding hydrogens is 219 g/mol. The molecule has 1 aliphatic carbocycles. The number of alkyl halides is 3. The van der Waals surface area contributed by atoms with Crippen molar-refractivity contribution in [1.82, 2.24) is 5.32 Å². The van der Waals surface area contributed by atoms with Crippen LogP contribution in [0.4, 0.5) is 13.2 Å². The van der Waals surface area contributed by atoms with Crippen molar-refractivity contribution in [3.8, 4) is 0 Å². The fraction of sp³-hybridized carbons (Fsp3) is 0.727. The molecule has 0 aromatic rings. The maximum absolute atomic E-state index is 12.4. The first-order valence-corrected chi connectivity index (χ1v) is 5.40. The van der Waals surface area contributed by atoms with E-state index in [1.165, 1.54) is 0 Å². The number of carbonyl (C=O) groups excluding carboxylic acids is 1. The van der Waals surface area contributed by atoms with Crippen molar-refractivity contribution in [2.24, 2.45) is 11.8 Å². The Labute approximate surface area is 92.9 Å². The number of rotatable bonds is 3. The number of nitrogens with one attached hydrogen (secondary N) is 1. The Morgan fingerprint density at radius 1 is 1.31 bits per heavy atom. The van der Waals surface area contributed by atoms with E-state index in [4.69, 9.17) is 0 Å². The van der Waals surface area contributed by atoms with Crippen LogP contribution in [-0.2, 0) is 4.79 Å². The van der Waals surface area contributed by atoms with Gasteiger partial charge in [-0.05, 0) is 25.7 Å². The molecule has 1 N–H and O–H groups in total. The van der Waals surface area contributed by atoms with Crippen molar-refractivity contribution in [1.29, 1.82) is 0 Å². The maximum Gasteiger partial charge on any atom is 0.391 e. The molecule has 0 bridgehead atoms. The van der Waals surface area contributed by atoms with Crippen LogP contribution in [0.5, 0.6) is 0 Å². The van der Waals surface area contributed by atoms with Crippen LogP contribution in [0.1, 0.15) is 25.7 Å². The molecule has 1 amide bonds. The third-order valence-electron chi connectivity index (χ3n) is 2.98. The predicted octanol–water partition coefficient (Wildman–Crippen LogP) is 2.66. The predicted molar refractivity (Wildman–Crippen MR) is 54.7 cm³/mol. The molecule has 0 unspecified atom stereocenters. The minimum absolute atomic E-state index is 0.0652. The highest BCUT2D eigenvalue weighted by atomic mass is 19.4. The Bertz CT molecular complexity index is 254. The molecular formula is C11H16F3NO. The lowest BCUT2D eigenvalue weighted by atomic mass is 9.81. The average molecular weight is 235 g/mol. The van der Waals surface area contributed by atoms with Crippen LogP contribution in [0.3, 0.4) is 0 Å². The Balaban J connectivity index is 2.37. The van der Waals surface area contributed by atoms with Crippen LogP contribution in [0, 0.1) is 11.8 Å². The summed E-state index contributed by atoms with van der Waals surface area (Å²) in [5.41, 5.74) is 0. The molecule has 0 spiro atoms. The van der Waals surface area contributed by atoms with Crippen molar-refractivity contribution in [2.45, 2.75) is 31.9 Å². The molecule has 1 saturated carbocycles. The van der Waals surface area contributed by atoms with Crippen LogP contribution in [0.2, 0.25) is 0 Å². The highest BCUT2D eigenvalue weighted by molar-refractivity contribution is 5.78. The van der Waals surface area contributed by atoms with E-state index in [0.29, 0.717) is 19.4 Å². The van der Waals surface area contributed by atoms with E-state index in [0.717, 1.165) is 0 Å². The number of amides is 1. The quantitative estimate of drug-likeness (QED) is 0.749. The molecule has 0 atom stereocenters. The van der Waals surface area contributed by atoms with Gasteiger partial charge in [-0.15, -0.1) is 6.58 Å². The molecule has 2 nitrogen and oxygen atoms in total. The highest BCUT2D eigenvalue weighted by Crippen LogP contribution is 2.39. The van der Waals surface area contributed by atoms with Gasteiger partial charge in [0.2, 0.25) is 5.91 Å². The summed E-state index contributed by atoms with van der Waals surface area (Å²) in [6, 6.07) is 0. The van der Waals surface area contributed by atoms with Gasteiger partial charge in [0.15, 0.2) is 0 Å². The number of carbonyl (C=O) groups is 1. The zero-order valence-corrected chi connectivity index (χ0v) is 9.02. The van der Waals surface area contributed by atoms with E-state index in [9.17, 15) is 18.0 Å².